The molecule has 7 nitrogen and oxygen atoms in total. The number of anilines is 1. The van der Waals surface area contributed by atoms with E-state index < -0.39 is 27.4 Å². The molecule has 3 saturated heterocycles. The lowest BCUT2D eigenvalue weighted by molar-refractivity contribution is -0.155. The predicted octanol–water partition coefficient (Wildman–Crippen LogP) is 2.90. The van der Waals surface area contributed by atoms with Gasteiger partial charge in [-0.2, -0.15) is 0 Å². The van der Waals surface area contributed by atoms with Crippen LogP contribution in [0.5, 0.6) is 0 Å². The first-order valence-corrected chi connectivity index (χ1v) is 12.4. The number of β-amino-alcohol motifs (C(OH)–C–C–N with tert-alkyl or cyclic N) is 1. The molecule has 2 bridgehead atoms. The third-order valence-electron chi connectivity index (χ3n) is 7.11. The molecule has 3 aliphatic heterocycles. The molecule has 0 radical (unpaired) electrons. The number of rotatable bonds is 8. The second-order valence-corrected chi connectivity index (χ2v) is 11.3. The van der Waals surface area contributed by atoms with Crippen LogP contribution in [-0.4, -0.2) is 69.6 Å². The van der Waals surface area contributed by atoms with Crippen LogP contribution in [0.4, 0.5) is 5.69 Å². The summed E-state index contributed by atoms with van der Waals surface area (Å²) in [5.41, 5.74) is 0.645. The zero-order valence-corrected chi connectivity index (χ0v) is 20.4. The van der Waals surface area contributed by atoms with Gasteiger partial charge in [-0.3, -0.25) is 14.4 Å². The van der Waals surface area contributed by atoms with Gasteiger partial charge >= 0.3 is 5.97 Å². The molecule has 1 N–H and O–H groups in total. The van der Waals surface area contributed by atoms with Crippen molar-refractivity contribution in [3.63, 3.8) is 0 Å². The number of esters is 1. The molecule has 1 spiro atoms. The van der Waals surface area contributed by atoms with Crippen molar-refractivity contribution in [3.05, 3.63) is 41.9 Å². The lowest BCUT2D eigenvalue weighted by Crippen LogP contribution is -2.55. The summed E-state index contributed by atoms with van der Waals surface area (Å²) >= 11 is 7.62. The second kappa shape index (κ2) is 8.96. The van der Waals surface area contributed by atoms with Gasteiger partial charge in [0, 0.05) is 28.5 Å². The minimum absolute atomic E-state index is 0.0306. The first-order valence-electron chi connectivity index (χ1n) is 11.2. The zero-order valence-electron chi connectivity index (χ0n) is 18.8. The zero-order chi connectivity index (χ0) is 24.0. The highest BCUT2D eigenvalue weighted by Crippen LogP contribution is 2.71. The largest absolute Gasteiger partial charge is 0.466 e. The van der Waals surface area contributed by atoms with Crippen molar-refractivity contribution in [3.8, 4) is 0 Å². The van der Waals surface area contributed by atoms with E-state index in [0.29, 0.717) is 23.6 Å². The fourth-order valence-electron chi connectivity index (χ4n) is 5.86. The van der Waals surface area contributed by atoms with Gasteiger partial charge in [0.2, 0.25) is 5.91 Å². The standard InChI is InChI=1S/C24H29ClN2O5S/c1-4-12-26(16-8-6-15(25)7-9-16)21(30)19-24-11-10-23(3,33-24)18(22(31)32-5-2)17(24)20(29)27(19)13-14-28/h4,6-9,17-19,28H,1,5,10-14H2,2-3H3/t17-,18+,19?,23-,24?/m0/s1. The van der Waals surface area contributed by atoms with Crippen LogP contribution in [0.2, 0.25) is 5.02 Å². The number of nitrogens with zero attached hydrogens (tertiary/aromatic N) is 2. The fourth-order valence-corrected chi connectivity index (χ4v) is 8.33. The summed E-state index contributed by atoms with van der Waals surface area (Å²) in [6.07, 6.45) is 2.99. The van der Waals surface area contributed by atoms with E-state index >= 15 is 0 Å². The van der Waals surface area contributed by atoms with E-state index in [4.69, 9.17) is 16.3 Å². The van der Waals surface area contributed by atoms with Crippen LogP contribution in [0.3, 0.4) is 0 Å². The monoisotopic (exact) mass is 492 g/mol. The topological polar surface area (TPSA) is 87.2 Å². The maximum Gasteiger partial charge on any atom is 0.311 e. The van der Waals surface area contributed by atoms with E-state index in [-0.39, 0.29) is 44.1 Å². The Morgan fingerprint density at radius 3 is 2.67 bits per heavy atom. The van der Waals surface area contributed by atoms with Gasteiger partial charge in [0.1, 0.15) is 6.04 Å². The molecule has 3 aliphatic rings. The van der Waals surface area contributed by atoms with Gasteiger partial charge < -0.3 is 19.6 Å². The molecule has 178 valence electrons. The molecular weight excluding hydrogens is 464 g/mol. The molecule has 0 saturated carbocycles. The van der Waals surface area contributed by atoms with E-state index in [9.17, 15) is 19.5 Å². The maximum absolute atomic E-state index is 14.1. The van der Waals surface area contributed by atoms with Crippen LogP contribution in [0.15, 0.2) is 36.9 Å². The van der Waals surface area contributed by atoms with E-state index in [1.54, 1.807) is 53.9 Å². The van der Waals surface area contributed by atoms with Crippen LogP contribution in [-0.2, 0) is 19.1 Å². The number of thioether (sulfide) groups is 1. The molecule has 3 heterocycles. The first-order chi connectivity index (χ1) is 15.7. The molecule has 5 atom stereocenters. The molecule has 4 rings (SSSR count). The molecule has 1 aromatic carbocycles. The van der Waals surface area contributed by atoms with Gasteiger partial charge in [0.25, 0.3) is 5.91 Å². The Labute approximate surface area is 203 Å². The fraction of sp³-hybridized carbons (Fsp3) is 0.542. The number of aliphatic hydroxyl groups excluding tert-OH is 1. The predicted molar refractivity (Wildman–Crippen MR) is 128 cm³/mol. The van der Waals surface area contributed by atoms with Crippen molar-refractivity contribution >= 4 is 46.8 Å². The Balaban J connectivity index is 1.78. The van der Waals surface area contributed by atoms with Crippen molar-refractivity contribution < 1.29 is 24.2 Å². The number of hydrogen-bond donors (Lipinski definition) is 1. The number of ether oxygens (including phenoxy) is 1. The third-order valence-corrected chi connectivity index (χ3v) is 9.35. The SMILES string of the molecule is C=CCN(C(=O)C1N(CCO)C(=O)[C@@H]2[C@H](C(=O)OCC)[C@]3(C)CCC12S3)c1ccc(Cl)cc1. The van der Waals surface area contributed by atoms with Crippen molar-refractivity contribution in [1.29, 1.82) is 0 Å². The molecule has 2 amide bonds. The van der Waals surface area contributed by atoms with Crippen molar-refractivity contribution in [2.24, 2.45) is 11.8 Å². The Hall–Kier alpha value is -2.03. The summed E-state index contributed by atoms with van der Waals surface area (Å²) < 4.78 is 4.14. The van der Waals surface area contributed by atoms with Gasteiger partial charge in [-0.25, -0.2) is 0 Å². The van der Waals surface area contributed by atoms with Gasteiger partial charge in [0.15, 0.2) is 0 Å². The summed E-state index contributed by atoms with van der Waals surface area (Å²) in [5.74, 6) is -2.17. The average Bonchev–Trinajstić information content (AvgIpc) is 3.34. The Morgan fingerprint density at radius 2 is 2.06 bits per heavy atom. The molecule has 33 heavy (non-hydrogen) atoms. The summed E-state index contributed by atoms with van der Waals surface area (Å²) in [4.78, 5) is 43.9. The molecule has 0 aromatic heterocycles. The average molecular weight is 493 g/mol. The van der Waals surface area contributed by atoms with Crippen LogP contribution in [0.1, 0.15) is 26.7 Å². The number of hydrogen-bond acceptors (Lipinski definition) is 6. The van der Waals surface area contributed by atoms with E-state index in [1.807, 2.05) is 6.92 Å². The van der Waals surface area contributed by atoms with E-state index in [0.717, 1.165) is 0 Å². The molecule has 2 unspecified atom stereocenters. The first kappa shape index (κ1) is 24.1. The number of likely N-dealkylation sites (tertiary alicyclic amines) is 1. The van der Waals surface area contributed by atoms with Crippen molar-refractivity contribution in [1.82, 2.24) is 4.90 Å². The molecule has 1 aromatic rings. The van der Waals surface area contributed by atoms with E-state index in [2.05, 4.69) is 6.58 Å². The van der Waals surface area contributed by atoms with Gasteiger partial charge in [-0.1, -0.05) is 17.7 Å². The van der Waals surface area contributed by atoms with Crippen LogP contribution in [0.25, 0.3) is 0 Å². The number of fused-ring (bicyclic) bond motifs is 1. The van der Waals surface area contributed by atoms with Crippen molar-refractivity contribution in [2.45, 2.75) is 42.2 Å². The highest BCUT2D eigenvalue weighted by molar-refractivity contribution is 8.02. The van der Waals surface area contributed by atoms with Crippen LogP contribution in [0, 0.1) is 11.8 Å². The summed E-state index contributed by atoms with van der Waals surface area (Å²) in [6, 6.07) is 6.13. The number of amides is 2. The summed E-state index contributed by atoms with van der Waals surface area (Å²) in [5, 5.41) is 10.3. The molecule has 0 aliphatic carbocycles. The molecule has 3 fully saturated rings. The number of halogens is 1. The lowest BCUT2D eigenvalue weighted by Gasteiger charge is -2.37. The maximum atomic E-state index is 14.1. The number of carbonyl (C=O) groups is 3. The quantitative estimate of drug-likeness (QED) is 0.443. The highest BCUT2D eigenvalue weighted by atomic mass is 35.5. The third kappa shape index (κ3) is 3.67. The van der Waals surface area contributed by atoms with Crippen LogP contribution >= 0.6 is 23.4 Å². The van der Waals surface area contributed by atoms with Gasteiger partial charge in [0.05, 0.1) is 29.8 Å². The second-order valence-electron chi connectivity index (χ2n) is 8.95. The number of benzene rings is 1. The highest BCUT2D eigenvalue weighted by Gasteiger charge is 2.77. The minimum Gasteiger partial charge on any atom is -0.466 e. The number of aliphatic hydroxyl groups is 1. The molecule has 9 heteroatoms. The van der Waals surface area contributed by atoms with Crippen molar-refractivity contribution in [2.75, 3.05) is 31.2 Å². The summed E-state index contributed by atoms with van der Waals surface area (Å²) in [6.45, 7) is 7.78. The molecular formula is C24H29ClN2O5S. The minimum atomic E-state index is -0.802. The Bertz CT molecular complexity index is 972. The Morgan fingerprint density at radius 1 is 1.36 bits per heavy atom. The van der Waals surface area contributed by atoms with Gasteiger partial charge in [-0.05, 0) is 51.0 Å². The van der Waals surface area contributed by atoms with E-state index in [1.165, 1.54) is 4.90 Å². The smallest absolute Gasteiger partial charge is 0.311 e. The Kier molecular flexibility index (Phi) is 6.55. The lowest BCUT2D eigenvalue weighted by atomic mass is 9.66. The van der Waals surface area contributed by atoms with Crippen LogP contribution < -0.4 is 4.90 Å². The summed E-state index contributed by atoms with van der Waals surface area (Å²) in [7, 11) is 0. The van der Waals surface area contributed by atoms with Gasteiger partial charge in [-0.15, -0.1) is 18.3 Å². The number of carbonyl (C=O) groups excluding carboxylic acids is 3. The normalized spacial score (nSPS) is 32.1.